The van der Waals surface area contributed by atoms with Gasteiger partial charge >= 0.3 is 5.97 Å². The Kier molecular flexibility index (Phi) is 3.84. The number of carbonyl (C=O) groups is 1. The Morgan fingerprint density at radius 3 is 2.50 bits per heavy atom. The van der Waals surface area contributed by atoms with Gasteiger partial charge in [0.15, 0.2) is 0 Å². The third-order valence-corrected chi connectivity index (χ3v) is 3.85. The van der Waals surface area contributed by atoms with Crippen molar-refractivity contribution in [3.8, 4) is 0 Å². The number of rotatable bonds is 4. The van der Waals surface area contributed by atoms with Gasteiger partial charge in [-0.3, -0.25) is 9.19 Å². The van der Waals surface area contributed by atoms with E-state index in [1.807, 2.05) is 0 Å². The first kappa shape index (κ1) is 12.4. The highest BCUT2D eigenvalue weighted by Crippen LogP contribution is 2.16. The van der Waals surface area contributed by atoms with Crippen LogP contribution in [0.15, 0.2) is 53.7 Å². The van der Waals surface area contributed by atoms with Crippen molar-refractivity contribution in [2.45, 2.75) is 10.6 Å². The van der Waals surface area contributed by atoms with Crippen molar-refractivity contribution in [1.82, 2.24) is 4.98 Å². The molecule has 0 spiro atoms. The molecule has 0 aliphatic carbocycles. The van der Waals surface area contributed by atoms with E-state index in [1.165, 1.54) is 6.07 Å². The summed E-state index contributed by atoms with van der Waals surface area (Å²) >= 11 is 0. The van der Waals surface area contributed by atoms with Crippen LogP contribution in [0.3, 0.4) is 0 Å². The van der Waals surface area contributed by atoms with Gasteiger partial charge in [0.25, 0.3) is 0 Å². The molecule has 1 aromatic carbocycles. The smallest absolute Gasteiger partial charge is 0.336 e. The van der Waals surface area contributed by atoms with Crippen LogP contribution in [-0.4, -0.2) is 20.3 Å². The van der Waals surface area contributed by atoms with Crippen molar-refractivity contribution in [3.05, 3.63) is 59.9 Å². The summed E-state index contributed by atoms with van der Waals surface area (Å²) in [5.41, 5.74) is 0.952. The Morgan fingerprint density at radius 2 is 1.83 bits per heavy atom. The average Bonchev–Trinajstić information content (AvgIpc) is 2.40. The van der Waals surface area contributed by atoms with E-state index in [-0.39, 0.29) is 11.3 Å². The molecule has 1 heterocycles. The minimum atomic E-state index is -1.38. The lowest BCUT2D eigenvalue weighted by molar-refractivity contribution is 0.0693. The number of aromatic nitrogens is 1. The Bertz CT molecular complexity index is 584. The van der Waals surface area contributed by atoms with E-state index in [9.17, 15) is 9.00 Å². The fourth-order valence-electron chi connectivity index (χ4n) is 1.55. The van der Waals surface area contributed by atoms with E-state index >= 15 is 0 Å². The monoisotopic (exact) mass is 261 g/mol. The predicted molar refractivity (Wildman–Crippen MR) is 67.8 cm³/mol. The van der Waals surface area contributed by atoms with Gasteiger partial charge in [-0.25, -0.2) is 4.79 Å². The molecule has 2 rings (SSSR count). The van der Waals surface area contributed by atoms with Crippen LogP contribution in [0, 0.1) is 0 Å². The molecule has 18 heavy (non-hydrogen) atoms. The molecule has 5 heteroatoms. The lowest BCUT2D eigenvalue weighted by atomic mass is 10.2. The van der Waals surface area contributed by atoms with Crippen LogP contribution in [0.4, 0.5) is 0 Å². The second-order valence-corrected chi connectivity index (χ2v) is 5.07. The van der Waals surface area contributed by atoms with Gasteiger partial charge in [-0.2, -0.15) is 0 Å². The van der Waals surface area contributed by atoms with E-state index in [1.54, 1.807) is 42.7 Å². The molecular weight excluding hydrogens is 250 g/mol. The van der Waals surface area contributed by atoms with E-state index in [4.69, 9.17) is 5.11 Å². The quantitative estimate of drug-likeness (QED) is 0.915. The number of carboxylic acids is 1. The molecule has 1 unspecified atom stereocenters. The molecule has 0 saturated carbocycles. The molecule has 0 saturated heterocycles. The molecule has 0 aliphatic heterocycles. The first-order chi connectivity index (χ1) is 8.68. The zero-order valence-corrected chi connectivity index (χ0v) is 10.3. The second kappa shape index (κ2) is 5.55. The van der Waals surface area contributed by atoms with Crippen LogP contribution < -0.4 is 0 Å². The summed E-state index contributed by atoms with van der Waals surface area (Å²) in [5.74, 6) is -0.777. The van der Waals surface area contributed by atoms with E-state index in [0.717, 1.165) is 5.56 Å². The minimum absolute atomic E-state index is 0.0879. The van der Waals surface area contributed by atoms with Gasteiger partial charge in [0.1, 0.15) is 0 Å². The summed E-state index contributed by atoms with van der Waals surface area (Å²) in [5, 5.41) is 9.04. The third-order valence-electron chi connectivity index (χ3n) is 2.41. The van der Waals surface area contributed by atoms with Crippen molar-refractivity contribution >= 4 is 16.8 Å². The number of hydrogen-bond acceptors (Lipinski definition) is 3. The zero-order valence-electron chi connectivity index (χ0n) is 9.45. The molecular formula is C13H11NO3S. The predicted octanol–water partition coefficient (Wildman–Crippen LogP) is 2.09. The van der Waals surface area contributed by atoms with Crippen molar-refractivity contribution in [2.75, 3.05) is 0 Å². The maximum Gasteiger partial charge on any atom is 0.336 e. The van der Waals surface area contributed by atoms with Gasteiger partial charge in [0, 0.05) is 12.4 Å². The van der Waals surface area contributed by atoms with Gasteiger partial charge in [-0.1, -0.05) is 12.1 Å². The third kappa shape index (κ3) is 2.81. The summed E-state index contributed by atoms with van der Waals surface area (Å²) in [4.78, 5) is 15.3. The molecule has 92 valence electrons. The van der Waals surface area contributed by atoms with Crippen LogP contribution in [0.2, 0.25) is 0 Å². The summed E-state index contributed by atoms with van der Waals surface area (Å²) < 4.78 is 12.2. The summed E-state index contributed by atoms with van der Waals surface area (Å²) in [6.45, 7) is 0. The second-order valence-electron chi connectivity index (χ2n) is 3.65. The fourth-order valence-corrected chi connectivity index (χ4v) is 2.83. The largest absolute Gasteiger partial charge is 0.478 e. The van der Waals surface area contributed by atoms with Gasteiger partial charge in [-0.05, 0) is 29.8 Å². The Morgan fingerprint density at radius 1 is 1.17 bits per heavy atom. The molecule has 1 atom stereocenters. The van der Waals surface area contributed by atoms with Crippen LogP contribution in [0.1, 0.15) is 15.9 Å². The molecule has 1 N–H and O–H groups in total. The van der Waals surface area contributed by atoms with Crippen molar-refractivity contribution in [2.24, 2.45) is 0 Å². The fraction of sp³-hybridized carbons (Fsp3) is 0.0769. The number of carboxylic acid groups (broad SMARTS) is 1. The highest BCUT2D eigenvalue weighted by atomic mass is 32.2. The topological polar surface area (TPSA) is 67.3 Å². The normalized spacial score (nSPS) is 12.0. The number of aromatic carboxylic acids is 1. The highest BCUT2D eigenvalue weighted by Gasteiger charge is 2.14. The highest BCUT2D eigenvalue weighted by molar-refractivity contribution is 7.84. The maximum atomic E-state index is 12.2. The van der Waals surface area contributed by atoms with Crippen molar-refractivity contribution < 1.29 is 14.1 Å². The van der Waals surface area contributed by atoms with Gasteiger partial charge in [0.2, 0.25) is 0 Å². The Labute approximate surface area is 107 Å². The van der Waals surface area contributed by atoms with Crippen LogP contribution in [0.25, 0.3) is 0 Å². The molecule has 0 amide bonds. The average molecular weight is 261 g/mol. The lowest BCUT2D eigenvalue weighted by Crippen LogP contribution is -2.05. The van der Waals surface area contributed by atoms with Crippen molar-refractivity contribution in [1.29, 1.82) is 0 Å². The van der Waals surface area contributed by atoms with Crippen LogP contribution >= 0.6 is 0 Å². The lowest BCUT2D eigenvalue weighted by Gasteiger charge is -2.05. The Balaban J connectivity index is 2.27. The molecule has 0 radical (unpaired) electrons. The zero-order chi connectivity index (χ0) is 13.0. The van der Waals surface area contributed by atoms with E-state index in [2.05, 4.69) is 4.98 Å². The minimum Gasteiger partial charge on any atom is -0.478 e. The van der Waals surface area contributed by atoms with Crippen molar-refractivity contribution in [3.63, 3.8) is 0 Å². The standard InChI is InChI=1S/C13H11NO3S/c15-13(16)11-3-1-2-4-12(11)18(17)9-10-5-7-14-8-6-10/h1-8H,9H2,(H,15,16). The number of benzene rings is 1. The summed E-state index contributed by atoms with van der Waals surface area (Å²) in [6.07, 6.45) is 3.24. The summed E-state index contributed by atoms with van der Waals surface area (Å²) in [6, 6.07) is 9.88. The summed E-state index contributed by atoms with van der Waals surface area (Å²) in [7, 11) is -1.38. The molecule has 4 nitrogen and oxygen atoms in total. The molecule has 0 aliphatic rings. The number of hydrogen-bond donors (Lipinski definition) is 1. The van der Waals surface area contributed by atoms with Gasteiger partial charge in [-0.15, -0.1) is 0 Å². The number of pyridine rings is 1. The first-order valence-corrected chi connectivity index (χ1v) is 6.60. The van der Waals surface area contributed by atoms with Gasteiger partial charge in [0.05, 0.1) is 27.0 Å². The van der Waals surface area contributed by atoms with Crippen LogP contribution in [-0.2, 0) is 16.6 Å². The molecule has 1 aromatic heterocycles. The SMILES string of the molecule is O=C(O)c1ccccc1S(=O)Cc1ccncc1. The Hall–Kier alpha value is -2.01. The molecule has 0 fully saturated rings. The van der Waals surface area contributed by atoms with Gasteiger partial charge < -0.3 is 5.11 Å². The maximum absolute atomic E-state index is 12.2. The molecule has 0 bridgehead atoms. The number of nitrogens with zero attached hydrogens (tertiary/aromatic N) is 1. The van der Waals surface area contributed by atoms with E-state index in [0.29, 0.717) is 4.90 Å². The van der Waals surface area contributed by atoms with Crippen LogP contribution in [0.5, 0.6) is 0 Å². The first-order valence-electron chi connectivity index (χ1n) is 5.28. The molecule has 2 aromatic rings. The van der Waals surface area contributed by atoms with E-state index < -0.39 is 16.8 Å².